The van der Waals surface area contributed by atoms with Crippen molar-refractivity contribution in [1.29, 1.82) is 0 Å². The third-order valence-electron chi connectivity index (χ3n) is 4.42. The van der Waals surface area contributed by atoms with Crippen LogP contribution >= 0.6 is 0 Å². The highest BCUT2D eigenvalue weighted by Gasteiger charge is 2.36. The number of rotatable bonds is 3. The predicted octanol–water partition coefficient (Wildman–Crippen LogP) is 3.77. The van der Waals surface area contributed by atoms with E-state index in [4.69, 9.17) is 4.74 Å². The molecule has 0 bridgehead atoms. The fourth-order valence-corrected chi connectivity index (χ4v) is 3.64. The quantitative estimate of drug-likeness (QED) is 0.803. The summed E-state index contributed by atoms with van der Waals surface area (Å²) < 4.78 is 5.80. The lowest BCUT2D eigenvalue weighted by Gasteiger charge is -2.34. The molecule has 2 atom stereocenters. The fourth-order valence-electron chi connectivity index (χ4n) is 3.64. The van der Waals surface area contributed by atoms with Gasteiger partial charge in [0, 0.05) is 17.6 Å². The normalized spacial score (nSPS) is 28.1. The Morgan fingerprint density at radius 1 is 1.17 bits per heavy atom. The Morgan fingerprint density at radius 2 is 2.06 bits per heavy atom. The molecule has 2 fully saturated rings. The zero-order valence-corrected chi connectivity index (χ0v) is 11.3. The van der Waals surface area contributed by atoms with E-state index in [1.807, 2.05) is 0 Å². The zero-order valence-electron chi connectivity index (χ0n) is 11.3. The lowest BCUT2D eigenvalue weighted by Crippen LogP contribution is -2.35. The molecule has 0 N–H and O–H groups in total. The first-order valence-corrected chi connectivity index (χ1v) is 7.37. The van der Waals surface area contributed by atoms with Crippen LogP contribution < -0.4 is 4.74 Å². The highest BCUT2D eigenvalue weighted by atomic mass is 16.5. The number of benzene rings is 1. The molecular weight excluding hydrogens is 222 g/mol. The number of para-hydroxylation sites is 1. The zero-order chi connectivity index (χ0) is 12.4. The minimum absolute atomic E-state index is 0.595. The number of hydrogen-bond acceptors (Lipinski definition) is 2. The largest absolute Gasteiger partial charge is 0.494 e. The number of nitrogens with zero attached hydrogens (tertiary/aromatic N) is 1. The van der Waals surface area contributed by atoms with Crippen molar-refractivity contribution in [3.8, 4) is 5.75 Å². The van der Waals surface area contributed by atoms with E-state index in [0.29, 0.717) is 6.04 Å². The lowest BCUT2D eigenvalue weighted by molar-refractivity contribution is 0.147. The highest BCUT2D eigenvalue weighted by Crippen LogP contribution is 2.42. The summed E-state index contributed by atoms with van der Waals surface area (Å²) in [5.41, 5.74) is 1.41. The molecule has 1 aromatic rings. The van der Waals surface area contributed by atoms with Crippen LogP contribution in [0.25, 0.3) is 0 Å². The smallest absolute Gasteiger partial charge is 0.124 e. The third-order valence-corrected chi connectivity index (χ3v) is 4.42. The maximum atomic E-state index is 5.80. The molecule has 1 aromatic carbocycles. The van der Waals surface area contributed by atoms with Gasteiger partial charge in [0.05, 0.1) is 6.61 Å². The Bertz CT molecular complexity index is 404. The lowest BCUT2D eigenvalue weighted by atomic mass is 10.0. The van der Waals surface area contributed by atoms with E-state index in [9.17, 15) is 0 Å². The summed E-state index contributed by atoms with van der Waals surface area (Å²) in [6.45, 7) is 4.10. The van der Waals surface area contributed by atoms with Crippen molar-refractivity contribution in [3.63, 3.8) is 0 Å². The molecule has 0 radical (unpaired) electrons. The summed E-state index contributed by atoms with van der Waals surface area (Å²) >= 11 is 0. The van der Waals surface area contributed by atoms with E-state index in [1.165, 1.54) is 44.2 Å². The molecule has 0 amide bonds. The monoisotopic (exact) mass is 245 g/mol. The van der Waals surface area contributed by atoms with Crippen LogP contribution in [0.4, 0.5) is 0 Å². The van der Waals surface area contributed by atoms with E-state index in [0.717, 1.165) is 18.4 Å². The predicted molar refractivity (Wildman–Crippen MR) is 73.9 cm³/mol. The van der Waals surface area contributed by atoms with Gasteiger partial charge in [-0.15, -0.1) is 0 Å². The Labute approximate surface area is 110 Å². The molecule has 2 nitrogen and oxygen atoms in total. The molecule has 2 aliphatic rings. The van der Waals surface area contributed by atoms with Gasteiger partial charge in [0.1, 0.15) is 5.75 Å². The van der Waals surface area contributed by atoms with Crippen molar-refractivity contribution in [2.24, 2.45) is 0 Å². The van der Waals surface area contributed by atoms with Crippen molar-refractivity contribution < 1.29 is 4.74 Å². The van der Waals surface area contributed by atoms with E-state index in [1.54, 1.807) is 0 Å². The standard InChI is InChI=1S/C16H23NO/c1-2-18-16-9-4-3-8-14(16)15-11-10-13-7-5-6-12-17(13)15/h3-4,8-9,13,15H,2,5-7,10-12H2,1H3/t13-,15-/m1/s1. The molecule has 2 heteroatoms. The van der Waals surface area contributed by atoms with Crippen molar-refractivity contribution >= 4 is 0 Å². The molecule has 3 rings (SSSR count). The van der Waals surface area contributed by atoms with E-state index in [-0.39, 0.29) is 0 Å². The van der Waals surface area contributed by atoms with E-state index in [2.05, 4.69) is 36.1 Å². The highest BCUT2D eigenvalue weighted by molar-refractivity contribution is 5.36. The number of fused-ring (bicyclic) bond motifs is 1. The molecule has 0 unspecified atom stereocenters. The summed E-state index contributed by atoms with van der Waals surface area (Å²) in [6, 6.07) is 10.0. The van der Waals surface area contributed by atoms with Crippen LogP contribution in [0.5, 0.6) is 5.75 Å². The van der Waals surface area contributed by atoms with Gasteiger partial charge in [0.25, 0.3) is 0 Å². The van der Waals surface area contributed by atoms with Gasteiger partial charge in [-0.25, -0.2) is 0 Å². The molecule has 0 aliphatic carbocycles. The number of ether oxygens (including phenoxy) is 1. The van der Waals surface area contributed by atoms with Crippen molar-refractivity contribution in [1.82, 2.24) is 4.90 Å². The molecule has 2 saturated heterocycles. The van der Waals surface area contributed by atoms with Crippen LogP contribution in [-0.2, 0) is 0 Å². The van der Waals surface area contributed by atoms with Gasteiger partial charge in [-0.05, 0) is 45.2 Å². The molecule has 18 heavy (non-hydrogen) atoms. The molecule has 0 saturated carbocycles. The summed E-state index contributed by atoms with van der Waals surface area (Å²) in [5, 5.41) is 0. The first kappa shape index (κ1) is 12.0. The van der Waals surface area contributed by atoms with Crippen LogP contribution in [0.1, 0.15) is 50.6 Å². The molecule has 0 spiro atoms. The second kappa shape index (κ2) is 5.31. The van der Waals surface area contributed by atoms with Crippen molar-refractivity contribution in [2.75, 3.05) is 13.2 Å². The molecule has 2 aliphatic heterocycles. The van der Waals surface area contributed by atoms with Crippen LogP contribution in [0.3, 0.4) is 0 Å². The van der Waals surface area contributed by atoms with Gasteiger partial charge >= 0.3 is 0 Å². The SMILES string of the molecule is CCOc1ccccc1[C@H]1CC[C@H]2CCCCN21. The second-order valence-electron chi connectivity index (χ2n) is 5.45. The van der Waals surface area contributed by atoms with Crippen LogP contribution in [0.2, 0.25) is 0 Å². The molecule has 2 heterocycles. The van der Waals surface area contributed by atoms with Gasteiger partial charge in [-0.1, -0.05) is 24.6 Å². The van der Waals surface area contributed by atoms with Gasteiger partial charge in [-0.3, -0.25) is 4.90 Å². The van der Waals surface area contributed by atoms with Crippen LogP contribution in [0, 0.1) is 0 Å². The Morgan fingerprint density at radius 3 is 2.94 bits per heavy atom. The third kappa shape index (κ3) is 2.14. The fraction of sp³-hybridized carbons (Fsp3) is 0.625. The number of hydrogen-bond donors (Lipinski definition) is 0. The van der Waals surface area contributed by atoms with Gasteiger partial charge in [-0.2, -0.15) is 0 Å². The van der Waals surface area contributed by atoms with Gasteiger partial charge in [0.15, 0.2) is 0 Å². The Balaban J connectivity index is 1.86. The second-order valence-corrected chi connectivity index (χ2v) is 5.45. The van der Waals surface area contributed by atoms with Crippen molar-refractivity contribution in [3.05, 3.63) is 29.8 Å². The average molecular weight is 245 g/mol. The molecule has 0 aromatic heterocycles. The maximum Gasteiger partial charge on any atom is 0.124 e. The summed E-state index contributed by atoms with van der Waals surface area (Å²) in [7, 11) is 0. The molecular formula is C16H23NO. The summed E-state index contributed by atoms with van der Waals surface area (Å²) in [5.74, 6) is 1.09. The van der Waals surface area contributed by atoms with Gasteiger partial charge in [0.2, 0.25) is 0 Å². The van der Waals surface area contributed by atoms with Gasteiger partial charge < -0.3 is 4.74 Å². The van der Waals surface area contributed by atoms with E-state index >= 15 is 0 Å². The minimum Gasteiger partial charge on any atom is -0.494 e. The number of piperidine rings is 1. The maximum absolute atomic E-state index is 5.80. The Kier molecular flexibility index (Phi) is 3.55. The van der Waals surface area contributed by atoms with Crippen LogP contribution in [-0.4, -0.2) is 24.1 Å². The average Bonchev–Trinajstić information content (AvgIpc) is 2.84. The first-order chi connectivity index (χ1) is 8.90. The Hall–Kier alpha value is -1.02. The van der Waals surface area contributed by atoms with Crippen molar-refractivity contribution in [2.45, 2.75) is 51.1 Å². The minimum atomic E-state index is 0.595. The summed E-state index contributed by atoms with van der Waals surface area (Å²) in [4.78, 5) is 2.72. The van der Waals surface area contributed by atoms with E-state index < -0.39 is 0 Å². The van der Waals surface area contributed by atoms with Crippen LogP contribution in [0.15, 0.2) is 24.3 Å². The topological polar surface area (TPSA) is 12.5 Å². The first-order valence-electron chi connectivity index (χ1n) is 7.37. The summed E-state index contributed by atoms with van der Waals surface area (Å²) in [6.07, 6.45) is 6.85. The molecule has 98 valence electrons.